The zero-order valence-corrected chi connectivity index (χ0v) is 8.80. The highest BCUT2D eigenvalue weighted by Gasteiger charge is 2.38. The maximum absolute atomic E-state index is 5.95. The molecule has 4 heteroatoms. The Morgan fingerprint density at radius 2 is 2.15 bits per heavy atom. The molecule has 72 valence electrons. The van der Waals surface area contributed by atoms with E-state index in [0.29, 0.717) is 10.7 Å². The molecule has 1 aromatic rings. The first-order chi connectivity index (χ1) is 6.14. The monoisotopic (exact) mass is 199 g/mol. The second-order valence-electron chi connectivity index (χ2n) is 4.14. The van der Waals surface area contributed by atoms with Gasteiger partial charge in [-0.05, 0) is 29.9 Å². The molecule has 0 N–H and O–H groups in total. The average Bonchev–Trinajstić information content (AvgIpc) is 2.72. The van der Waals surface area contributed by atoms with Crippen molar-refractivity contribution in [2.24, 2.45) is 5.41 Å². The van der Waals surface area contributed by atoms with Crippen molar-refractivity contribution in [2.75, 3.05) is 0 Å². The fourth-order valence-corrected chi connectivity index (χ4v) is 1.68. The fraction of sp³-hybridized carbons (Fsp3) is 0.778. The second-order valence-corrected chi connectivity index (χ2v) is 4.47. The normalized spacial score (nSPS) is 19.0. The molecule has 0 amide bonds. The van der Waals surface area contributed by atoms with Crippen molar-refractivity contribution in [1.82, 2.24) is 14.8 Å². The van der Waals surface area contributed by atoms with E-state index in [9.17, 15) is 0 Å². The first-order valence-corrected chi connectivity index (χ1v) is 5.10. The third-order valence-electron chi connectivity index (χ3n) is 2.74. The third-order valence-corrected chi connectivity index (χ3v) is 3.02. The Morgan fingerprint density at radius 3 is 2.69 bits per heavy atom. The number of aromatic nitrogens is 3. The summed E-state index contributed by atoms with van der Waals surface area (Å²) in [7, 11) is 0. The minimum Gasteiger partial charge on any atom is -0.301 e. The van der Waals surface area contributed by atoms with Gasteiger partial charge in [-0.15, -0.1) is 10.2 Å². The summed E-state index contributed by atoms with van der Waals surface area (Å²) in [6.07, 6.45) is 3.49. The molecule has 2 rings (SSSR count). The Labute approximate surface area is 83.1 Å². The van der Waals surface area contributed by atoms with Crippen molar-refractivity contribution in [2.45, 2.75) is 39.7 Å². The van der Waals surface area contributed by atoms with Crippen LogP contribution in [-0.4, -0.2) is 14.8 Å². The molecule has 0 spiro atoms. The van der Waals surface area contributed by atoms with Gasteiger partial charge in [-0.25, -0.2) is 0 Å². The molecule has 0 radical (unpaired) electrons. The fourth-order valence-electron chi connectivity index (χ4n) is 1.48. The van der Waals surface area contributed by atoms with Crippen LogP contribution in [0.4, 0.5) is 0 Å². The van der Waals surface area contributed by atoms with Crippen LogP contribution in [0.15, 0.2) is 0 Å². The van der Waals surface area contributed by atoms with Crippen molar-refractivity contribution in [3.63, 3.8) is 0 Å². The maximum atomic E-state index is 5.95. The molecule has 3 nitrogen and oxygen atoms in total. The summed E-state index contributed by atoms with van der Waals surface area (Å²) in [5.74, 6) is 0.998. The molecular formula is C9H14ClN3. The molecule has 1 aromatic heterocycles. The number of nitrogens with zero attached hydrogens (tertiary/aromatic N) is 3. The molecule has 13 heavy (non-hydrogen) atoms. The summed E-state index contributed by atoms with van der Waals surface area (Å²) in [6.45, 7) is 5.33. The number of rotatable bonds is 3. The van der Waals surface area contributed by atoms with E-state index in [1.165, 1.54) is 12.8 Å². The molecule has 0 unspecified atom stereocenters. The van der Waals surface area contributed by atoms with Gasteiger partial charge in [0.05, 0.1) is 0 Å². The van der Waals surface area contributed by atoms with Gasteiger partial charge in [-0.3, -0.25) is 0 Å². The topological polar surface area (TPSA) is 30.7 Å². The van der Waals surface area contributed by atoms with E-state index in [4.69, 9.17) is 11.6 Å². The predicted octanol–water partition coefficient (Wildman–Crippen LogP) is 2.29. The highest BCUT2D eigenvalue weighted by Crippen LogP contribution is 2.46. The number of hydrogen-bond acceptors (Lipinski definition) is 2. The molecule has 0 aromatic carbocycles. The van der Waals surface area contributed by atoms with Crippen LogP contribution >= 0.6 is 11.6 Å². The van der Waals surface area contributed by atoms with Gasteiger partial charge in [-0.2, -0.15) is 0 Å². The van der Waals surface area contributed by atoms with E-state index in [1.54, 1.807) is 0 Å². The van der Waals surface area contributed by atoms with Crippen LogP contribution in [-0.2, 0) is 13.0 Å². The lowest BCUT2D eigenvalue weighted by molar-refractivity contribution is 0.453. The first-order valence-electron chi connectivity index (χ1n) is 4.72. The van der Waals surface area contributed by atoms with Gasteiger partial charge in [0.1, 0.15) is 5.82 Å². The van der Waals surface area contributed by atoms with E-state index in [1.807, 2.05) is 4.57 Å². The minimum atomic E-state index is 0.454. The van der Waals surface area contributed by atoms with Gasteiger partial charge in [0, 0.05) is 13.0 Å². The summed E-state index contributed by atoms with van der Waals surface area (Å²) < 4.78 is 2.04. The minimum absolute atomic E-state index is 0.454. The van der Waals surface area contributed by atoms with Gasteiger partial charge in [0.2, 0.25) is 5.28 Å². The number of hydrogen-bond donors (Lipinski definition) is 0. The third kappa shape index (κ3) is 1.70. The van der Waals surface area contributed by atoms with E-state index < -0.39 is 0 Å². The van der Waals surface area contributed by atoms with Gasteiger partial charge in [-0.1, -0.05) is 13.8 Å². The highest BCUT2D eigenvalue weighted by molar-refractivity contribution is 6.28. The highest BCUT2D eigenvalue weighted by atomic mass is 35.5. The van der Waals surface area contributed by atoms with Gasteiger partial charge < -0.3 is 4.57 Å². The quantitative estimate of drug-likeness (QED) is 0.748. The smallest absolute Gasteiger partial charge is 0.225 e. The van der Waals surface area contributed by atoms with E-state index in [0.717, 1.165) is 18.8 Å². The van der Waals surface area contributed by atoms with Crippen molar-refractivity contribution in [1.29, 1.82) is 0 Å². The van der Waals surface area contributed by atoms with Crippen LogP contribution in [0.2, 0.25) is 5.28 Å². The zero-order chi connectivity index (χ0) is 9.47. The van der Waals surface area contributed by atoms with Crippen LogP contribution in [0.5, 0.6) is 0 Å². The van der Waals surface area contributed by atoms with E-state index in [2.05, 4.69) is 24.0 Å². The summed E-state index contributed by atoms with van der Waals surface area (Å²) in [5, 5.41) is 8.44. The van der Waals surface area contributed by atoms with Crippen molar-refractivity contribution < 1.29 is 0 Å². The van der Waals surface area contributed by atoms with Crippen molar-refractivity contribution >= 4 is 11.6 Å². The molecular weight excluding hydrogens is 186 g/mol. The summed E-state index contributed by atoms with van der Waals surface area (Å²) in [5.41, 5.74) is 0.454. The summed E-state index contributed by atoms with van der Waals surface area (Å²) >= 11 is 5.95. The lowest BCUT2D eigenvalue weighted by Gasteiger charge is -2.11. The molecule has 0 saturated heterocycles. The molecule has 1 fully saturated rings. The molecule has 0 atom stereocenters. The zero-order valence-electron chi connectivity index (χ0n) is 8.05. The Morgan fingerprint density at radius 1 is 1.46 bits per heavy atom. The van der Waals surface area contributed by atoms with Crippen LogP contribution in [0.1, 0.15) is 32.5 Å². The standard InChI is InChI=1S/C9H14ClN3/c1-3-7-11-12-8(10)13(7)6-9(2)4-5-9/h3-6H2,1-2H3. The molecule has 0 aliphatic heterocycles. The largest absolute Gasteiger partial charge is 0.301 e. The van der Waals surface area contributed by atoms with Crippen molar-refractivity contribution in [3.05, 3.63) is 11.1 Å². The second kappa shape index (κ2) is 2.98. The van der Waals surface area contributed by atoms with E-state index >= 15 is 0 Å². The SMILES string of the molecule is CCc1nnc(Cl)n1CC1(C)CC1. The predicted molar refractivity (Wildman–Crippen MR) is 51.8 cm³/mol. The lowest BCUT2D eigenvalue weighted by Crippen LogP contribution is -2.11. The first kappa shape index (κ1) is 9.00. The molecule has 0 bridgehead atoms. The van der Waals surface area contributed by atoms with Crippen LogP contribution in [0.3, 0.4) is 0 Å². The Kier molecular flexibility index (Phi) is 2.06. The van der Waals surface area contributed by atoms with Crippen LogP contribution in [0.25, 0.3) is 0 Å². The molecule has 1 aliphatic rings. The van der Waals surface area contributed by atoms with Crippen molar-refractivity contribution in [3.8, 4) is 0 Å². The number of halogens is 1. The molecule has 1 saturated carbocycles. The molecule has 1 aliphatic carbocycles. The lowest BCUT2D eigenvalue weighted by atomic mass is 10.1. The van der Waals surface area contributed by atoms with Crippen LogP contribution in [0, 0.1) is 5.41 Å². The Hall–Kier alpha value is -0.570. The molecule has 1 heterocycles. The summed E-state index contributed by atoms with van der Waals surface area (Å²) in [4.78, 5) is 0. The van der Waals surface area contributed by atoms with E-state index in [-0.39, 0.29) is 0 Å². The average molecular weight is 200 g/mol. The van der Waals surface area contributed by atoms with Crippen LogP contribution < -0.4 is 0 Å². The van der Waals surface area contributed by atoms with Gasteiger partial charge in [0.25, 0.3) is 0 Å². The maximum Gasteiger partial charge on any atom is 0.225 e. The Bertz CT molecular complexity index is 315. The van der Waals surface area contributed by atoms with Gasteiger partial charge >= 0.3 is 0 Å². The summed E-state index contributed by atoms with van der Waals surface area (Å²) in [6, 6.07) is 0. The van der Waals surface area contributed by atoms with Gasteiger partial charge in [0.15, 0.2) is 0 Å². The number of aryl methyl sites for hydroxylation is 1. The Balaban J connectivity index is 2.21.